The first kappa shape index (κ1) is 36.1. The van der Waals surface area contributed by atoms with E-state index >= 15 is 0 Å². The zero-order valence-electron chi connectivity index (χ0n) is 23.8. The molecule has 5 amide bonds. The van der Waals surface area contributed by atoms with Crippen LogP contribution in [0.25, 0.3) is 0 Å². The van der Waals surface area contributed by atoms with E-state index in [1.165, 1.54) is 12.2 Å². The van der Waals surface area contributed by atoms with Gasteiger partial charge in [-0.25, -0.2) is 0 Å². The Morgan fingerprint density at radius 1 is 0.585 bits per heavy atom. The first-order valence-corrected chi connectivity index (χ1v) is 13.7. The molecule has 1 rings (SSSR count). The molecule has 0 atom stereocenters. The summed E-state index contributed by atoms with van der Waals surface area (Å²) in [5, 5.41) is 7.77. The Morgan fingerprint density at radius 3 is 1.51 bits per heavy atom. The monoisotopic (exact) mass is 588 g/mol. The fourth-order valence-corrected chi connectivity index (χ4v) is 3.11. The summed E-state index contributed by atoms with van der Waals surface area (Å²) in [7, 11) is 0. The minimum Gasteiger partial charge on any atom is -0.379 e. The largest absolute Gasteiger partial charge is 0.379 e. The van der Waals surface area contributed by atoms with E-state index in [1.54, 1.807) is 0 Å². The molecule has 0 bridgehead atoms. The molecule has 15 nitrogen and oxygen atoms in total. The molecule has 0 saturated carbocycles. The maximum Gasteiger partial charge on any atom is 0.253 e. The SMILES string of the molecule is CCNC(=O)CNC(=O)CCOCCOCCOCCOCCOCCOCCNC(=O)CCN1C(=O)C=CC1=O. The summed E-state index contributed by atoms with van der Waals surface area (Å²) < 4.78 is 32.3. The van der Waals surface area contributed by atoms with Crippen molar-refractivity contribution in [3.05, 3.63) is 12.2 Å². The van der Waals surface area contributed by atoms with Crippen molar-refractivity contribution in [3.8, 4) is 0 Å². The fourth-order valence-electron chi connectivity index (χ4n) is 3.11. The molecule has 3 N–H and O–H groups in total. The van der Waals surface area contributed by atoms with Gasteiger partial charge in [-0.1, -0.05) is 0 Å². The van der Waals surface area contributed by atoms with Gasteiger partial charge < -0.3 is 44.4 Å². The number of carbonyl (C=O) groups is 5. The fraction of sp³-hybridized carbons (Fsp3) is 0.731. The van der Waals surface area contributed by atoms with Gasteiger partial charge in [-0.05, 0) is 6.92 Å². The van der Waals surface area contributed by atoms with Crippen molar-refractivity contribution in [3.63, 3.8) is 0 Å². The van der Waals surface area contributed by atoms with Crippen LogP contribution in [0.2, 0.25) is 0 Å². The number of imide groups is 1. The maximum atomic E-state index is 11.8. The van der Waals surface area contributed by atoms with Crippen molar-refractivity contribution in [2.45, 2.75) is 19.8 Å². The van der Waals surface area contributed by atoms with E-state index in [0.29, 0.717) is 85.8 Å². The second kappa shape index (κ2) is 24.8. The van der Waals surface area contributed by atoms with Crippen LogP contribution in [0, 0.1) is 0 Å². The molecule has 1 aliphatic heterocycles. The zero-order chi connectivity index (χ0) is 30.0. The van der Waals surface area contributed by atoms with E-state index < -0.39 is 11.8 Å². The van der Waals surface area contributed by atoms with Crippen LogP contribution in [-0.2, 0) is 52.4 Å². The lowest BCUT2D eigenvalue weighted by atomic mass is 10.3. The highest BCUT2D eigenvalue weighted by molar-refractivity contribution is 6.13. The molecule has 0 aromatic rings. The van der Waals surface area contributed by atoms with Crippen molar-refractivity contribution in [2.75, 3.05) is 105 Å². The van der Waals surface area contributed by atoms with Crippen LogP contribution in [0.15, 0.2) is 12.2 Å². The number of ether oxygens (including phenoxy) is 6. The maximum absolute atomic E-state index is 11.8. The molecule has 1 aliphatic rings. The molecule has 0 unspecified atom stereocenters. The second-order valence-electron chi connectivity index (χ2n) is 8.42. The number of nitrogens with zero attached hydrogens (tertiary/aromatic N) is 1. The van der Waals surface area contributed by atoms with Crippen LogP contribution in [0.5, 0.6) is 0 Å². The Labute approximate surface area is 240 Å². The van der Waals surface area contributed by atoms with Gasteiger partial charge in [0.2, 0.25) is 17.7 Å². The van der Waals surface area contributed by atoms with Crippen LogP contribution in [0.3, 0.4) is 0 Å². The third-order valence-electron chi connectivity index (χ3n) is 5.19. The van der Waals surface area contributed by atoms with E-state index in [1.807, 2.05) is 6.92 Å². The Balaban J connectivity index is 1.73. The highest BCUT2D eigenvalue weighted by Gasteiger charge is 2.23. The van der Waals surface area contributed by atoms with Gasteiger partial charge in [-0.2, -0.15) is 0 Å². The summed E-state index contributed by atoms with van der Waals surface area (Å²) in [6.45, 7) is 7.32. The Morgan fingerprint density at radius 2 is 1.02 bits per heavy atom. The minimum atomic E-state index is -0.403. The molecule has 0 fully saturated rings. The molecule has 1 heterocycles. The smallest absolute Gasteiger partial charge is 0.253 e. The number of hydrogen-bond acceptors (Lipinski definition) is 11. The molecule has 234 valence electrons. The summed E-state index contributed by atoms with van der Waals surface area (Å²) in [6, 6.07) is 0. The number of amides is 5. The van der Waals surface area contributed by atoms with Crippen LogP contribution in [0.1, 0.15) is 19.8 Å². The Bertz CT molecular complexity index is 792. The van der Waals surface area contributed by atoms with Crippen molar-refractivity contribution >= 4 is 29.5 Å². The molecular formula is C26H44N4O11. The zero-order valence-corrected chi connectivity index (χ0v) is 23.8. The molecule has 15 heteroatoms. The molecule has 0 spiro atoms. The number of carbonyl (C=O) groups excluding carboxylic acids is 5. The van der Waals surface area contributed by atoms with Crippen molar-refractivity contribution in [1.29, 1.82) is 0 Å². The van der Waals surface area contributed by atoms with E-state index in [4.69, 9.17) is 28.4 Å². The van der Waals surface area contributed by atoms with Gasteiger partial charge in [-0.3, -0.25) is 28.9 Å². The van der Waals surface area contributed by atoms with Gasteiger partial charge in [-0.15, -0.1) is 0 Å². The molecule has 0 saturated heterocycles. The van der Waals surface area contributed by atoms with Crippen molar-refractivity contribution in [2.24, 2.45) is 0 Å². The Hall–Kier alpha value is -2.95. The first-order valence-electron chi connectivity index (χ1n) is 13.7. The quantitative estimate of drug-likeness (QED) is 0.0725. The second-order valence-corrected chi connectivity index (χ2v) is 8.42. The van der Waals surface area contributed by atoms with E-state index in [-0.39, 0.29) is 50.3 Å². The average molecular weight is 589 g/mol. The van der Waals surface area contributed by atoms with Crippen molar-refractivity contribution < 1.29 is 52.4 Å². The van der Waals surface area contributed by atoms with Crippen LogP contribution < -0.4 is 16.0 Å². The minimum absolute atomic E-state index is 0.0344. The van der Waals surface area contributed by atoms with Crippen LogP contribution >= 0.6 is 0 Å². The molecule has 41 heavy (non-hydrogen) atoms. The number of likely N-dealkylation sites (N-methyl/N-ethyl adjacent to an activating group) is 1. The predicted molar refractivity (Wildman–Crippen MR) is 145 cm³/mol. The molecular weight excluding hydrogens is 544 g/mol. The lowest BCUT2D eigenvalue weighted by Crippen LogP contribution is -2.37. The molecule has 0 aromatic carbocycles. The van der Waals surface area contributed by atoms with Gasteiger partial charge in [0.05, 0.1) is 85.8 Å². The summed E-state index contributed by atoms with van der Waals surface area (Å²) in [6.07, 6.45) is 2.60. The van der Waals surface area contributed by atoms with E-state index in [0.717, 1.165) is 4.90 Å². The van der Waals surface area contributed by atoms with Gasteiger partial charge in [0.1, 0.15) is 0 Å². The van der Waals surface area contributed by atoms with Gasteiger partial charge in [0, 0.05) is 44.6 Å². The number of rotatable bonds is 27. The summed E-state index contributed by atoms with van der Waals surface area (Å²) in [4.78, 5) is 58.4. The highest BCUT2D eigenvalue weighted by atomic mass is 16.6. The third kappa shape index (κ3) is 20.6. The number of hydrogen-bond donors (Lipinski definition) is 3. The molecule has 0 aliphatic carbocycles. The third-order valence-corrected chi connectivity index (χ3v) is 5.19. The summed E-state index contributed by atoms with van der Waals surface area (Å²) >= 11 is 0. The Kier molecular flexibility index (Phi) is 21.8. The lowest BCUT2D eigenvalue weighted by molar-refractivity contribution is -0.137. The van der Waals surface area contributed by atoms with Gasteiger partial charge in [0.15, 0.2) is 0 Å². The normalized spacial score (nSPS) is 12.7. The van der Waals surface area contributed by atoms with E-state index in [9.17, 15) is 24.0 Å². The van der Waals surface area contributed by atoms with Crippen LogP contribution in [-0.4, -0.2) is 140 Å². The molecule has 0 aromatic heterocycles. The summed E-state index contributed by atoms with van der Waals surface area (Å²) in [5.41, 5.74) is 0. The standard InChI is InChI=1S/C26H44N4O11/c1-2-27-24(33)21-29-23(32)6-9-36-11-13-38-15-17-40-19-20-41-18-16-39-14-12-37-10-7-28-22(31)5-8-30-25(34)3-4-26(30)35/h3-4H,2,5-21H2,1H3,(H,27,33)(H,28,31)(H,29,32). The molecule has 0 radical (unpaired) electrons. The van der Waals surface area contributed by atoms with E-state index in [2.05, 4.69) is 16.0 Å². The van der Waals surface area contributed by atoms with Crippen LogP contribution in [0.4, 0.5) is 0 Å². The van der Waals surface area contributed by atoms with Gasteiger partial charge in [0.25, 0.3) is 11.8 Å². The van der Waals surface area contributed by atoms with Gasteiger partial charge >= 0.3 is 0 Å². The summed E-state index contributed by atoms with van der Waals surface area (Å²) in [5.74, 6) is -1.53. The average Bonchev–Trinajstić information content (AvgIpc) is 3.28. The topological polar surface area (TPSA) is 180 Å². The highest BCUT2D eigenvalue weighted by Crippen LogP contribution is 2.03. The lowest BCUT2D eigenvalue weighted by Gasteiger charge is -2.13. The predicted octanol–water partition coefficient (Wildman–Crippen LogP) is -1.84. The first-order chi connectivity index (χ1) is 19.9. The van der Waals surface area contributed by atoms with Crippen molar-refractivity contribution in [1.82, 2.24) is 20.9 Å². The number of nitrogens with one attached hydrogen (secondary N) is 3.